The molecule has 1 aromatic carbocycles. The Labute approximate surface area is 112 Å². The van der Waals surface area contributed by atoms with Crippen molar-refractivity contribution in [3.8, 4) is 0 Å². The van der Waals surface area contributed by atoms with Crippen LogP contribution in [-0.2, 0) is 5.54 Å². The largest absolute Gasteiger partial charge is 0.465 e. The SMILES string of the molecule is Cc1ccc(C2(C(C)(C)NC(=O)O)C=CC=N2)cc1. The van der Waals surface area contributed by atoms with Crippen LogP contribution in [-0.4, -0.2) is 23.0 Å². The third-order valence-electron chi connectivity index (χ3n) is 3.57. The Bertz CT molecular complexity index is 530. The quantitative estimate of drug-likeness (QED) is 0.875. The van der Waals surface area contributed by atoms with E-state index in [0.29, 0.717) is 0 Å². The number of nitrogens with zero attached hydrogens (tertiary/aromatic N) is 1. The highest BCUT2D eigenvalue weighted by atomic mass is 16.4. The molecule has 1 heterocycles. The lowest BCUT2D eigenvalue weighted by molar-refractivity contribution is 0.168. The highest BCUT2D eigenvalue weighted by molar-refractivity contribution is 5.77. The number of carboxylic acid groups (broad SMARTS) is 1. The zero-order valence-corrected chi connectivity index (χ0v) is 11.3. The van der Waals surface area contributed by atoms with Gasteiger partial charge in [-0.3, -0.25) is 4.99 Å². The van der Waals surface area contributed by atoms with Gasteiger partial charge in [0.15, 0.2) is 0 Å². The first-order valence-corrected chi connectivity index (χ1v) is 6.19. The summed E-state index contributed by atoms with van der Waals surface area (Å²) in [6.07, 6.45) is 4.45. The van der Waals surface area contributed by atoms with Gasteiger partial charge in [-0.25, -0.2) is 4.79 Å². The summed E-state index contributed by atoms with van der Waals surface area (Å²) in [7, 11) is 0. The smallest absolute Gasteiger partial charge is 0.405 e. The van der Waals surface area contributed by atoms with Crippen LogP contribution >= 0.6 is 0 Å². The van der Waals surface area contributed by atoms with Crippen LogP contribution in [0.1, 0.15) is 25.0 Å². The van der Waals surface area contributed by atoms with Crippen molar-refractivity contribution < 1.29 is 9.90 Å². The molecule has 0 aliphatic carbocycles. The van der Waals surface area contributed by atoms with Crippen LogP contribution in [0.4, 0.5) is 4.79 Å². The fourth-order valence-corrected chi connectivity index (χ4v) is 2.46. The van der Waals surface area contributed by atoms with Crippen molar-refractivity contribution in [1.29, 1.82) is 0 Å². The van der Waals surface area contributed by atoms with E-state index in [4.69, 9.17) is 5.11 Å². The number of amides is 1. The molecule has 0 fully saturated rings. The molecule has 4 nitrogen and oxygen atoms in total. The number of nitrogens with one attached hydrogen (secondary N) is 1. The van der Waals surface area contributed by atoms with Gasteiger partial charge in [-0.15, -0.1) is 0 Å². The van der Waals surface area contributed by atoms with E-state index in [1.165, 1.54) is 0 Å². The van der Waals surface area contributed by atoms with Crippen molar-refractivity contribution in [2.24, 2.45) is 4.99 Å². The molecule has 2 rings (SSSR count). The van der Waals surface area contributed by atoms with E-state index in [0.717, 1.165) is 11.1 Å². The minimum Gasteiger partial charge on any atom is -0.465 e. The van der Waals surface area contributed by atoms with Crippen LogP contribution in [0.5, 0.6) is 0 Å². The van der Waals surface area contributed by atoms with Crippen molar-refractivity contribution in [3.63, 3.8) is 0 Å². The van der Waals surface area contributed by atoms with Crippen LogP contribution < -0.4 is 5.32 Å². The Kier molecular flexibility index (Phi) is 3.18. The van der Waals surface area contributed by atoms with Crippen LogP contribution in [0.15, 0.2) is 41.4 Å². The van der Waals surface area contributed by atoms with Gasteiger partial charge in [-0.1, -0.05) is 29.8 Å². The first-order chi connectivity index (χ1) is 8.87. The zero-order chi connectivity index (χ0) is 14.1. The molecule has 0 saturated carbocycles. The fourth-order valence-electron chi connectivity index (χ4n) is 2.46. The Hall–Kier alpha value is -2.10. The van der Waals surface area contributed by atoms with E-state index in [9.17, 15) is 4.79 Å². The van der Waals surface area contributed by atoms with E-state index in [1.54, 1.807) is 6.21 Å². The lowest BCUT2D eigenvalue weighted by Gasteiger charge is -2.40. The highest BCUT2D eigenvalue weighted by Gasteiger charge is 2.46. The second kappa shape index (κ2) is 4.53. The molecule has 0 spiro atoms. The Balaban J connectivity index is 2.50. The lowest BCUT2D eigenvalue weighted by atomic mass is 9.75. The number of benzene rings is 1. The lowest BCUT2D eigenvalue weighted by Crippen LogP contribution is -2.56. The summed E-state index contributed by atoms with van der Waals surface area (Å²) in [4.78, 5) is 15.5. The monoisotopic (exact) mass is 258 g/mol. The average molecular weight is 258 g/mol. The molecule has 1 aliphatic heterocycles. The van der Waals surface area contributed by atoms with E-state index in [2.05, 4.69) is 10.3 Å². The topological polar surface area (TPSA) is 61.7 Å². The van der Waals surface area contributed by atoms with Gasteiger partial charge in [0.1, 0.15) is 5.54 Å². The third-order valence-corrected chi connectivity index (χ3v) is 3.57. The molecular weight excluding hydrogens is 240 g/mol. The summed E-state index contributed by atoms with van der Waals surface area (Å²) in [6.45, 7) is 5.70. The molecular formula is C15H18N2O2. The average Bonchev–Trinajstić information content (AvgIpc) is 2.79. The van der Waals surface area contributed by atoms with Crippen molar-refractivity contribution in [1.82, 2.24) is 5.32 Å². The molecule has 1 aliphatic rings. The van der Waals surface area contributed by atoms with Crippen LogP contribution in [0.25, 0.3) is 0 Å². The van der Waals surface area contributed by atoms with Gasteiger partial charge in [-0.05, 0) is 38.5 Å². The van der Waals surface area contributed by atoms with E-state index in [-0.39, 0.29) is 0 Å². The number of hydrogen-bond donors (Lipinski definition) is 2. The van der Waals surface area contributed by atoms with Crippen LogP contribution in [0.3, 0.4) is 0 Å². The number of rotatable bonds is 3. The molecule has 0 saturated heterocycles. The summed E-state index contributed by atoms with van der Waals surface area (Å²) in [5.74, 6) is 0. The zero-order valence-electron chi connectivity index (χ0n) is 11.3. The van der Waals surface area contributed by atoms with E-state index in [1.807, 2.05) is 57.2 Å². The molecule has 2 N–H and O–H groups in total. The molecule has 19 heavy (non-hydrogen) atoms. The van der Waals surface area contributed by atoms with Gasteiger partial charge in [0.2, 0.25) is 0 Å². The van der Waals surface area contributed by atoms with Crippen molar-refractivity contribution in [3.05, 3.63) is 47.5 Å². The maximum Gasteiger partial charge on any atom is 0.405 e. The molecule has 100 valence electrons. The molecule has 0 radical (unpaired) electrons. The molecule has 1 atom stereocenters. The number of aryl methyl sites for hydroxylation is 1. The maximum absolute atomic E-state index is 11.0. The van der Waals surface area contributed by atoms with E-state index < -0.39 is 17.2 Å². The van der Waals surface area contributed by atoms with Crippen molar-refractivity contribution in [2.75, 3.05) is 0 Å². The molecule has 4 heteroatoms. The van der Waals surface area contributed by atoms with Gasteiger partial charge in [0, 0.05) is 6.21 Å². The van der Waals surface area contributed by atoms with Crippen molar-refractivity contribution in [2.45, 2.75) is 31.8 Å². The van der Waals surface area contributed by atoms with Gasteiger partial charge in [0.05, 0.1) is 5.54 Å². The molecule has 0 aromatic heterocycles. The number of hydrogen-bond acceptors (Lipinski definition) is 2. The van der Waals surface area contributed by atoms with Gasteiger partial charge >= 0.3 is 6.09 Å². The molecule has 1 aromatic rings. The third kappa shape index (κ3) is 2.26. The normalized spacial score (nSPS) is 21.6. The second-order valence-corrected chi connectivity index (χ2v) is 5.32. The first-order valence-electron chi connectivity index (χ1n) is 6.19. The molecule has 0 bridgehead atoms. The predicted octanol–water partition coefficient (Wildman–Crippen LogP) is 2.88. The summed E-state index contributed by atoms with van der Waals surface area (Å²) >= 11 is 0. The van der Waals surface area contributed by atoms with Gasteiger partial charge in [0.25, 0.3) is 0 Å². The maximum atomic E-state index is 11.0. The van der Waals surface area contributed by atoms with Crippen LogP contribution in [0.2, 0.25) is 0 Å². The van der Waals surface area contributed by atoms with Gasteiger partial charge in [-0.2, -0.15) is 0 Å². The van der Waals surface area contributed by atoms with Gasteiger partial charge < -0.3 is 10.4 Å². The molecule has 1 unspecified atom stereocenters. The molecule has 1 amide bonds. The number of carbonyl (C=O) groups is 1. The van der Waals surface area contributed by atoms with Crippen LogP contribution in [0, 0.1) is 6.92 Å². The summed E-state index contributed by atoms with van der Waals surface area (Å²) in [5, 5.41) is 11.6. The summed E-state index contributed by atoms with van der Waals surface area (Å²) in [6, 6.07) is 8.01. The highest BCUT2D eigenvalue weighted by Crippen LogP contribution is 2.40. The fraction of sp³-hybridized carbons (Fsp3) is 0.333. The first kappa shape index (κ1) is 13.3. The Morgan fingerprint density at radius 3 is 2.42 bits per heavy atom. The standard InChI is InChI=1S/C15H18N2O2/c1-11-5-7-12(8-6-11)15(9-4-10-16-15)14(2,3)17-13(18)19/h4-10,17H,1-3H3,(H,18,19). The number of allylic oxidation sites excluding steroid dienone is 1. The predicted molar refractivity (Wildman–Crippen MR) is 75.7 cm³/mol. The number of aliphatic imine (C=N–C) groups is 1. The Morgan fingerprint density at radius 2 is 1.95 bits per heavy atom. The Morgan fingerprint density at radius 1 is 1.32 bits per heavy atom. The minimum atomic E-state index is -1.05. The van der Waals surface area contributed by atoms with E-state index >= 15 is 0 Å². The summed E-state index contributed by atoms with van der Waals surface area (Å²) < 4.78 is 0. The minimum absolute atomic E-state index is 0.695. The van der Waals surface area contributed by atoms with Crippen molar-refractivity contribution >= 4 is 12.3 Å². The second-order valence-electron chi connectivity index (χ2n) is 5.32. The summed E-state index contributed by atoms with van der Waals surface area (Å²) in [5.41, 5.74) is 0.701.